The lowest BCUT2D eigenvalue weighted by atomic mass is 9.73. The highest BCUT2D eigenvalue weighted by molar-refractivity contribution is 5.78. The minimum Gasteiger partial charge on any atom is -0.381 e. The molecule has 5 heteroatoms. The van der Waals surface area contributed by atoms with Gasteiger partial charge in [-0.15, -0.1) is 0 Å². The fraction of sp³-hybridized carbons (Fsp3) is 0.708. The van der Waals surface area contributed by atoms with Gasteiger partial charge in [0.05, 0.1) is 18.1 Å². The molecule has 158 valence electrons. The number of carbonyl (C=O) groups excluding carboxylic acids is 1. The molecule has 0 radical (unpaired) electrons. The van der Waals surface area contributed by atoms with Gasteiger partial charge in [-0.1, -0.05) is 18.2 Å². The number of hydrogen-bond acceptors (Lipinski definition) is 4. The van der Waals surface area contributed by atoms with Gasteiger partial charge < -0.3 is 14.8 Å². The molecule has 2 bridgehead atoms. The Labute approximate surface area is 174 Å². The Morgan fingerprint density at radius 3 is 2.83 bits per heavy atom. The van der Waals surface area contributed by atoms with Crippen LogP contribution in [-0.2, 0) is 20.7 Å². The Kier molecular flexibility index (Phi) is 5.17. The molecule has 1 aromatic carbocycles. The summed E-state index contributed by atoms with van der Waals surface area (Å²) in [5.74, 6) is 1.15. The highest BCUT2D eigenvalue weighted by atomic mass is 16.5. The van der Waals surface area contributed by atoms with Crippen molar-refractivity contribution in [3.8, 4) is 0 Å². The molecule has 4 saturated heterocycles. The molecule has 1 aromatic rings. The van der Waals surface area contributed by atoms with Crippen LogP contribution >= 0.6 is 0 Å². The van der Waals surface area contributed by atoms with Crippen molar-refractivity contribution in [3.05, 3.63) is 34.9 Å². The third-order valence-electron chi connectivity index (χ3n) is 7.99. The summed E-state index contributed by atoms with van der Waals surface area (Å²) in [5.41, 5.74) is 3.66. The minimum atomic E-state index is 0.0480. The number of hydrogen-bond donors (Lipinski definition) is 1. The highest BCUT2D eigenvalue weighted by Crippen LogP contribution is 2.55. The number of amides is 1. The second kappa shape index (κ2) is 7.68. The molecule has 29 heavy (non-hydrogen) atoms. The molecular formula is C24H34N2O3. The summed E-state index contributed by atoms with van der Waals surface area (Å²) < 4.78 is 12.1. The summed E-state index contributed by atoms with van der Waals surface area (Å²) in [6, 6.07) is 6.95. The molecule has 0 unspecified atom stereocenters. The van der Waals surface area contributed by atoms with E-state index in [0.717, 1.165) is 57.7 Å². The topological polar surface area (TPSA) is 50.8 Å². The van der Waals surface area contributed by atoms with Crippen LogP contribution in [0.5, 0.6) is 0 Å². The van der Waals surface area contributed by atoms with Crippen LogP contribution in [-0.4, -0.2) is 61.4 Å². The van der Waals surface area contributed by atoms with E-state index in [-0.39, 0.29) is 11.5 Å². The maximum absolute atomic E-state index is 12.6. The number of benzene rings is 1. The smallest absolute Gasteiger partial charge is 0.224 e. The summed E-state index contributed by atoms with van der Waals surface area (Å²) in [4.78, 5) is 15.3. The van der Waals surface area contributed by atoms with Gasteiger partial charge >= 0.3 is 0 Å². The molecule has 1 N–H and O–H groups in total. The second-order valence-electron chi connectivity index (χ2n) is 9.70. The number of fused-ring (bicyclic) bond motifs is 1. The number of carbonyl (C=O) groups is 1. The van der Waals surface area contributed by atoms with Crippen molar-refractivity contribution < 1.29 is 14.3 Å². The summed E-state index contributed by atoms with van der Waals surface area (Å²) in [6.07, 6.45) is 5.42. The van der Waals surface area contributed by atoms with Gasteiger partial charge in [-0.25, -0.2) is 0 Å². The van der Waals surface area contributed by atoms with Crippen molar-refractivity contribution in [2.45, 2.75) is 63.7 Å². The Balaban J connectivity index is 1.19. The Hall–Kier alpha value is -1.43. The first kappa shape index (κ1) is 19.5. The second-order valence-corrected chi connectivity index (χ2v) is 9.70. The third-order valence-corrected chi connectivity index (χ3v) is 7.99. The Bertz CT molecular complexity index is 775. The predicted octanol–water partition coefficient (Wildman–Crippen LogP) is 2.62. The lowest BCUT2D eigenvalue weighted by Crippen LogP contribution is -2.42. The van der Waals surface area contributed by atoms with Crippen LogP contribution < -0.4 is 5.32 Å². The first-order valence-electron chi connectivity index (χ1n) is 11.4. The molecule has 0 saturated carbocycles. The number of ether oxygens (including phenoxy) is 2. The lowest BCUT2D eigenvalue weighted by molar-refractivity contribution is -0.120. The van der Waals surface area contributed by atoms with Crippen LogP contribution in [0.2, 0.25) is 0 Å². The van der Waals surface area contributed by atoms with E-state index in [0.29, 0.717) is 30.4 Å². The van der Waals surface area contributed by atoms with E-state index in [1.165, 1.54) is 17.5 Å². The van der Waals surface area contributed by atoms with E-state index in [2.05, 4.69) is 42.3 Å². The molecule has 5 rings (SSSR count). The summed E-state index contributed by atoms with van der Waals surface area (Å²) in [6.45, 7) is 8.94. The SMILES string of the molecule is Cc1ccc(CC(=O)NC[C@H]2[C@H]3CN(C4CCOCC4)C[C@]34CC[C@H]2O4)cc1C. The number of likely N-dealkylation sites (tertiary alicyclic amines) is 1. The fourth-order valence-corrected chi connectivity index (χ4v) is 6.22. The quantitative estimate of drug-likeness (QED) is 0.828. The first-order chi connectivity index (χ1) is 14.0. The molecule has 4 heterocycles. The molecule has 4 fully saturated rings. The van der Waals surface area contributed by atoms with Crippen LogP contribution in [0, 0.1) is 25.7 Å². The normalized spacial score (nSPS) is 34.5. The van der Waals surface area contributed by atoms with Gasteiger partial charge in [0.2, 0.25) is 5.91 Å². The molecule has 4 aliphatic rings. The molecule has 4 aliphatic heterocycles. The molecule has 5 nitrogen and oxygen atoms in total. The number of rotatable bonds is 5. The van der Waals surface area contributed by atoms with Crippen LogP contribution in [0.4, 0.5) is 0 Å². The van der Waals surface area contributed by atoms with Gasteiger partial charge in [0, 0.05) is 50.7 Å². The van der Waals surface area contributed by atoms with Crippen LogP contribution in [0.25, 0.3) is 0 Å². The number of nitrogens with zero attached hydrogens (tertiary/aromatic N) is 1. The van der Waals surface area contributed by atoms with E-state index >= 15 is 0 Å². The highest BCUT2D eigenvalue weighted by Gasteiger charge is 2.63. The van der Waals surface area contributed by atoms with Crippen molar-refractivity contribution in [2.75, 3.05) is 32.8 Å². The Morgan fingerprint density at radius 1 is 1.21 bits per heavy atom. The van der Waals surface area contributed by atoms with E-state index < -0.39 is 0 Å². The molecule has 0 aromatic heterocycles. The number of nitrogens with one attached hydrogen (secondary N) is 1. The minimum absolute atomic E-state index is 0.0480. The molecular weight excluding hydrogens is 364 g/mol. The number of aryl methyl sites for hydroxylation is 2. The van der Waals surface area contributed by atoms with Crippen LogP contribution in [0.15, 0.2) is 18.2 Å². The van der Waals surface area contributed by atoms with Crippen LogP contribution in [0.1, 0.15) is 42.4 Å². The maximum Gasteiger partial charge on any atom is 0.224 e. The zero-order valence-corrected chi connectivity index (χ0v) is 17.8. The lowest BCUT2D eigenvalue weighted by Gasteiger charge is -2.32. The summed E-state index contributed by atoms with van der Waals surface area (Å²) in [7, 11) is 0. The van der Waals surface area contributed by atoms with Gasteiger partial charge in [0.1, 0.15) is 0 Å². The average Bonchev–Trinajstić information content (AvgIpc) is 3.38. The standard InChI is InChI=1S/C24H34N2O3/c1-16-3-4-18(11-17(16)2)12-23(27)25-13-20-21-14-26(19-6-9-28-10-7-19)15-24(21)8-5-22(20)29-24/h3-4,11,19-22H,5-10,12-15H2,1-2H3,(H,25,27)/t20-,21+,22+,24+/m0/s1. The van der Waals surface area contributed by atoms with E-state index in [4.69, 9.17) is 9.47 Å². The van der Waals surface area contributed by atoms with Crippen molar-refractivity contribution in [3.63, 3.8) is 0 Å². The van der Waals surface area contributed by atoms with Gasteiger partial charge in [-0.3, -0.25) is 9.69 Å². The molecule has 1 spiro atoms. The van der Waals surface area contributed by atoms with Crippen molar-refractivity contribution >= 4 is 5.91 Å². The van der Waals surface area contributed by atoms with Crippen molar-refractivity contribution in [2.24, 2.45) is 11.8 Å². The first-order valence-corrected chi connectivity index (χ1v) is 11.4. The monoisotopic (exact) mass is 398 g/mol. The average molecular weight is 399 g/mol. The van der Waals surface area contributed by atoms with Gasteiger partial charge in [0.25, 0.3) is 0 Å². The predicted molar refractivity (Wildman–Crippen MR) is 112 cm³/mol. The zero-order valence-electron chi connectivity index (χ0n) is 17.8. The largest absolute Gasteiger partial charge is 0.381 e. The van der Waals surface area contributed by atoms with E-state index in [9.17, 15) is 4.79 Å². The van der Waals surface area contributed by atoms with E-state index in [1.807, 2.05) is 0 Å². The third kappa shape index (κ3) is 3.62. The van der Waals surface area contributed by atoms with Gasteiger partial charge in [0.15, 0.2) is 0 Å². The fourth-order valence-electron chi connectivity index (χ4n) is 6.22. The van der Waals surface area contributed by atoms with E-state index in [1.54, 1.807) is 0 Å². The van der Waals surface area contributed by atoms with Crippen molar-refractivity contribution in [1.29, 1.82) is 0 Å². The zero-order chi connectivity index (χ0) is 20.0. The molecule has 1 amide bonds. The van der Waals surface area contributed by atoms with Crippen molar-refractivity contribution in [1.82, 2.24) is 10.2 Å². The Morgan fingerprint density at radius 2 is 2.03 bits per heavy atom. The molecule has 0 aliphatic carbocycles. The van der Waals surface area contributed by atoms with Gasteiger partial charge in [-0.2, -0.15) is 0 Å². The summed E-state index contributed by atoms with van der Waals surface area (Å²) in [5, 5.41) is 3.24. The van der Waals surface area contributed by atoms with Crippen LogP contribution in [0.3, 0.4) is 0 Å². The summed E-state index contributed by atoms with van der Waals surface area (Å²) >= 11 is 0. The van der Waals surface area contributed by atoms with Gasteiger partial charge in [-0.05, 0) is 56.2 Å². The molecule has 4 atom stereocenters. The maximum atomic E-state index is 12.6.